The van der Waals surface area contributed by atoms with Gasteiger partial charge in [0.05, 0.1) is 18.2 Å². The maximum Gasteiger partial charge on any atom is 0.300 e. The van der Waals surface area contributed by atoms with Crippen molar-refractivity contribution in [3.05, 3.63) is 94.1 Å². The molecule has 2 N–H and O–H groups in total. The van der Waals surface area contributed by atoms with Crippen LogP contribution in [0.5, 0.6) is 11.5 Å². The highest BCUT2D eigenvalue weighted by Gasteiger charge is 2.47. The molecule has 0 bridgehead atoms. The van der Waals surface area contributed by atoms with Crippen molar-refractivity contribution in [2.45, 2.75) is 40.7 Å². The van der Waals surface area contributed by atoms with Crippen LogP contribution in [0.1, 0.15) is 47.7 Å². The van der Waals surface area contributed by atoms with E-state index in [4.69, 9.17) is 4.74 Å². The average Bonchev–Trinajstić information content (AvgIpc) is 3.10. The first-order valence-corrected chi connectivity index (χ1v) is 12.0. The maximum absolute atomic E-state index is 13.4. The molecule has 0 spiro atoms. The van der Waals surface area contributed by atoms with Gasteiger partial charge in [-0.2, -0.15) is 0 Å². The summed E-state index contributed by atoms with van der Waals surface area (Å²) in [4.78, 5) is 28.2. The quantitative estimate of drug-likeness (QED) is 0.255. The highest BCUT2D eigenvalue weighted by Crippen LogP contribution is 2.44. The van der Waals surface area contributed by atoms with Gasteiger partial charge in [-0.15, -0.1) is 0 Å². The largest absolute Gasteiger partial charge is 0.508 e. The number of Topliss-reactive ketones (excluding diaryl/α,β-unsaturated/α-hetero) is 1. The number of hydrogen-bond acceptors (Lipinski definition) is 5. The highest BCUT2D eigenvalue weighted by molar-refractivity contribution is 6.51. The normalized spacial score (nSPS) is 17.2. The molecule has 1 fully saturated rings. The lowest BCUT2D eigenvalue weighted by Crippen LogP contribution is -2.30. The molecule has 1 aliphatic heterocycles. The van der Waals surface area contributed by atoms with Gasteiger partial charge in [0.1, 0.15) is 17.3 Å². The molecule has 0 saturated carbocycles. The topological polar surface area (TPSA) is 87.1 Å². The second-order valence-corrected chi connectivity index (χ2v) is 9.66. The molecule has 1 heterocycles. The SMILES string of the molecule is Cc1cc(/C(O)=C2\C(=O)C(=O)N(c3cccc(C)c3C)C2c2ccc(O)cc2)ccc1OCC(C)C. The second kappa shape index (κ2) is 9.90. The zero-order chi connectivity index (χ0) is 26.1. The van der Waals surface area contributed by atoms with Crippen molar-refractivity contribution in [2.24, 2.45) is 5.92 Å². The molecule has 3 aromatic carbocycles. The predicted octanol–water partition coefficient (Wildman–Crippen LogP) is 5.98. The number of anilines is 1. The Morgan fingerprint density at radius 1 is 0.972 bits per heavy atom. The van der Waals surface area contributed by atoms with Crippen LogP contribution in [0.4, 0.5) is 5.69 Å². The van der Waals surface area contributed by atoms with E-state index in [2.05, 4.69) is 13.8 Å². The third-order valence-corrected chi connectivity index (χ3v) is 6.51. The second-order valence-electron chi connectivity index (χ2n) is 9.66. The Balaban J connectivity index is 1.88. The van der Waals surface area contributed by atoms with Gasteiger partial charge in [0.15, 0.2) is 0 Å². The maximum atomic E-state index is 13.4. The van der Waals surface area contributed by atoms with Crippen LogP contribution in [0.15, 0.2) is 66.2 Å². The summed E-state index contributed by atoms with van der Waals surface area (Å²) in [6.07, 6.45) is 0. The lowest BCUT2D eigenvalue weighted by Gasteiger charge is -2.27. The first kappa shape index (κ1) is 25.0. The van der Waals surface area contributed by atoms with E-state index in [1.807, 2.05) is 32.9 Å². The van der Waals surface area contributed by atoms with E-state index in [1.165, 1.54) is 17.0 Å². The van der Waals surface area contributed by atoms with Crippen molar-refractivity contribution in [3.63, 3.8) is 0 Å². The highest BCUT2D eigenvalue weighted by atomic mass is 16.5. The number of carbonyl (C=O) groups excluding carboxylic acids is 2. The van der Waals surface area contributed by atoms with Crippen LogP contribution in [-0.4, -0.2) is 28.5 Å². The number of rotatable bonds is 6. The van der Waals surface area contributed by atoms with Crippen molar-refractivity contribution < 1.29 is 24.5 Å². The van der Waals surface area contributed by atoms with Gasteiger partial charge in [0.2, 0.25) is 0 Å². The Labute approximate surface area is 211 Å². The summed E-state index contributed by atoms with van der Waals surface area (Å²) < 4.78 is 5.85. The Bertz CT molecular complexity index is 1350. The summed E-state index contributed by atoms with van der Waals surface area (Å²) >= 11 is 0. The number of benzene rings is 3. The molecule has 6 nitrogen and oxygen atoms in total. The van der Waals surface area contributed by atoms with E-state index in [-0.39, 0.29) is 17.1 Å². The molecule has 0 radical (unpaired) electrons. The van der Waals surface area contributed by atoms with Crippen molar-refractivity contribution in [1.29, 1.82) is 0 Å². The fraction of sp³-hybridized carbons (Fsp3) is 0.267. The van der Waals surface area contributed by atoms with Gasteiger partial charge in [-0.25, -0.2) is 0 Å². The predicted molar refractivity (Wildman–Crippen MR) is 140 cm³/mol. The van der Waals surface area contributed by atoms with Crippen molar-refractivity contribution in [2.75, 3.05) is 11.5 Å². The zero-order valence-corrected chi connectivity index (χ0v) is 21.2. The number of phenols is 1. The molecule has 4 rings (SSSR count). The van der Waals surface area contributed by atoms with Crippen LogP contribution in [0.3, 0.4) is 0 Å². The van der Waals surface area contributed by atoms with Gasteiger partial charge in [-0.3, -0.25) is 14.5 Å². The number of ketones is 1. The molecule has 1 saturated heterocycles. The summed E-state index contributed by atoms with van der Waals surface area (Å²) in [5, 5.41) is 21.2. The van der Waals surface area contributed by atoms with E-state index >= 15 is 0 Å². The number of amides is 1. The Kier molecular flexibility index (Phi) is 6.88. The molecule has 186 valence electrons. The lowest BCUT2D eigenvalue weighted by molar-refractivity contribution is -0.132. The number of aryl methyl sites for hydroxylation is 2. The summed E-state index contributed by atoms with van der Waals surface area (Å²) in [6, 6.07) is 16.3. The van der Waals surface area contributed by atoms with Crippen LogP contribution in [0.2, 0.25) is 0 Å². The monoisotopic (exact) mass is 485 g/mol. The Hall–Kier alpha value is -4.06. The number of aliphatic hydroxyl groups is 1. The van der Waals surface area contributed by atoms with Crippen LogP contribution in [0, 0.1) is 26.7 Å². The molecule has 3 aromatic rings. The molecule has 1 amide bonds. The summed E-state index contributed by atoms with van der Waals surface area (Å²) in [7, 11) is 0. The van der Waals surface area contributed by atoms with Gasteiger partial charge in [-0.05, 0) is 85.3 Å². The molecular weight excluding hydrogens is 454 g/mol. The summed E-state index contributed by atoms with van der Waals surface area (Å²) in [6.45, 7) is 10.4. The number of ether oxygens (including phenoxy) is 1. The molecule has 0 aromatic heterocycles. The van der Waals surface area contributed by atoms with Crippen LogP contribution >= 0.6 is 0 Å². The lowest BCUT2D eigenvalue weighted by atomic mass is 9.94. The number of aromatic hydroxyl groups is 1. The fourth-order valence-corrected chi connectivity index (χ4v) is 4.42. The Morgan fingerprint density at radius 3 is 2.31 bits per heavy atom. The summed E-state index contributed by atoms with van der Waals surface area (Å²) in [5.74, 6) is -0.594. The number of aliphatic hydroxyl groups excluding tert-OH is 1. The minimum atomic E-state index is -0.858. The minimum Gasteiger partial charge on any atom is -0.508 e. The number of phenolic OH excluding ortho intramolecular Hbond substituents is 1. The summed E-state index contributed by atoms with van der Waals surface area (Å²) in [5.41, 5.74) is 4.28. The molecule has 1 aliphatic rings. The Morgan fingerprint density at radius 2 is 1.67 bits per heavy atom. The average molecular weight is 486 g/mol. The number of nitrogens with zero attached hydrogens (tertiary/aromatic N) is 1. The molecule has 0 aliphatic carbocycles. The van der Waals surface area contributed by atoms with E-state index in [9.17, 15) is 19.8 Å². The van der Waals surface area contributed by atoms with Crippen LogP contribution in [-0.2, 0) is 9.59 Å². The first-order chi connectivity index (χ1) is 17.1. The van der Waals surface area contributed by atoms with Crippen LogP contribution < -0.4 is 9.64 Å². The fourth-order valence-electron chi connectivity index (χ4n) is 4.42. The van der Waals surface area contributed by atoms with Gasteiger partial charge in [-0.1, -0.05) is 38.1 Å². The minimum absolute atomic E-state index is 0.00171. The molecule has 1 atom stereocenters. The third kappa shape index (κ3) is 4.59. The number of carbonyl (C=O) groups is 2. The van der Waals surface area contributed by atoms with E-state index in [1.54, 1.807) is 36.4 Å². The van der Waals surface area contributed by atoms with Gasteiger partial charge >= 0.3 is 0 Å². The standard InChI is InChI=1S/C30H31NO5/c1-17(2)16-36-25-14-11-22(15-19(25)4)28(33)26-27(21-9-12-23(32)13-10-21)31(30(35)29(26)34)24-8-6-7-18(3)20(24)5/h6-15,17,27,32-33H,16H2,1-5H3/b28-26+. The van der Waals surface area contributed by atoms with E-state index < -0.39 is 17.7 Å². The smallest absolute Gasteiger partial charge is 0.300 e. The third-order valence-electron chi connectivity index (χ3n) is 6.51. The molecule has 36 heavy (non-hydrogen) atoms. The van der Waals surface area contributed by atoms with E-state index in [0.717, 1.165) is 16.7 Å². The number of hydrogen-bond donors (Lipinski definition) is 2. The van der Waals surface area contributed by atoms with Crippen molar-refractivity contribution in [1.82, 2.24) is 0 Å². The van der Waals surface area contributed by atoms with Crippen molar-refractivity contribution >= 4 is 23.1 Å². The van der Waals surface area contributed by atoms with Gasteiger partial charge in [0.25, 0.3) is 11.7 Å². The van der Waals surface area contributed by atoms with Gasteiger partial charge in [0, 0.05) is 11.3 Å². The zero-order valence-electron chi connectivity index (χ0n) is 21.2. The molecule has 6 heteroatoms. The van der Waals surface area contributed by atoms with E-state index in [0.29, 0.717) is 35.1 Å². The molecule has 1 unspecified atom stereocenters. The first-order valence-electron chi connectivity index (χ1n) is 12.0. The van der Waals surface area contributed by atoms with Crippen molar-refractivity contribution in [3.8, 4) is 11.5 Å². The van der Waals surface area contributed by atoms with Gasteiger partial charge < -0.3 is 14.9 Å². The molecular formula is C30H31NO5. The van der Waals surface area contributed by atoms with Crippen LogP contribution in [0.25, 0.3) is 5.76 Å².